The molecule has 0 saturated heterocycles. The van der Waals surface area contributed by atoms with Crippen LogP contribution >= 0.6 is 15.9 Å². The highest BCUT2D eigenvalue weighted by atomic mass is 79.9. The van der Waals surface area contributed by atoms with E-state index in [1.54, 1.807) is 24.5 Å². The Morgan fingerprint density at radius 1 is 1.27 bits per heavy atom. The third-order valence-electron chi connectivity index (χ3n) is 1.75. The zero-order valence-corrected chi connectivity index (χ0v) is 9.31. The van der Waals surface area contributed by atoms with Crippen molar-refractivity contribution in [3.63, 3.8) is 0 Å². The molecule has 1 aromatic heterocycles. The van der Waals surface area contributed by atoms with E-state index in [1.165, 1.54) is 6.20 Å². The van der Waals surface area contributed by atoms with Crippen molar-refractivity contribution in [2.75, 3.05) is 5.73 Å². The minimum atomic E-state index is 0.434. The quantitative estimate of drug-likeness (QED) is 0.849. The van der Waals surface area contributed by atoms with Crippen molar-refractivity contribution in [2.24, 2.45) is 0 Å². The standard InChI is InChI=1S/C10H8BrN3O/c11-10-7(12)2-1-3-8(10)15-9-6-13-4-5-14-9/h1-6H,12H2. The maximum atomic E-state index is 5.71. The fourth-order valence-electron chi connectivity index (χ4n) is 1.06. The molecule has 0 aliphatic heterocycles. The first-order chi connectivity index (χ1) is 7.27. The maximum Gasteiger partial charge on any atom is 0.237 e. The zero-order chi connectivity index (χ0) is 10.7. The van der Waals surface area contributed by atoms with Crippen LogP contribution in [0.25, 0.3) is 0 Å². The largest absolute Gasteiger partial charge is 0.436 e. The average molecular weight is 266 g/mol. The topological polar surface area (TPSA) is 61.0 Å². The smallest absolute Gasteiger partial charge is 0.237 e. The summed E-state index contributed by atoms with van der Waals surface area (Å²) in [7, 11) is 0. The number of anilines is 1. The van der Waals surface area contributed by atoms with Crippen LogP contribution in [0.2, 0.25) is 0 Å². The van der Waals surface area contributed by atoms with Gasteiger partial charge in [0.05, 0.1) is 10.7 Å². The molecule has 15 heavy (non-hydrogen) atoms. The molecule has 4 nitrogen and oxygen atoms in total. The maximum absolute atomic E-state index is 5.71. The fraction of sp³-hybridized carbons (Fsp3) is 0. The van der Waals surface area contributed by atoms with Gasteiger partial charge >= 0.3 is 0 Å². The number of hydrogen-bond acceptors (Lipinski definition) is 4. The Morgan fingerprint density at radius 3 is 2.87 bits per heavy atom. The van der Waals surface area contributed by atoms with Gasteiger partial charge in [-0.3, -0.25) is 4.98 Å². The van der Waals surface area contributed by atoms with E-state index in [0.29, 0.717) is 17.3 Å². The molecule has 2 aromatic rings. The predicted octanol–water partition coefficient (Wildman–Crippen LogP) is 2.61. The summed E-state index contributed by atoms with van der Waals surface area (Å²) in [6.45, 7) is 0. The van der Waals surface area contributed by atoms with E-state index in [2.05, 4.69) is 25.9 Å². The van der Waals surface area contributed by atoms with Gasteiger partial charge in [0.1, 0.15) is 5.75 Å². The van der Waals surface area contributed by atoms with Gasteiger partial charge in [0.2, 0.25) is 5.88 Å². The van der Waals surface area contributed by atoms with Crippen LogP contribution in [-0.2, 0) is 0 Å². The number of hydrogen-bond donors (Lipinski definition) is 1. The highest BCUT2D eigenvalue weighted by Crippen LogP contribution is 2.32. The molecule has 1 aromatic carbocycles. The van der Waals surface area contributed by atoms with Gasteiger partial charge in [-0.25, -0.2) is 4.98 Å². The normalized spacial score (nSPS) is 9.93. The lowest BCUT2D eigenvalue weighted by atomic mass is 10.3. The molecule has 2 N–H and O–H groups in total. The monoisotopic (exact) mass is 265 g/mol. The van der Waals surface area contributed by atoms with Crippen LogP contribution in [-0.4, -0.2) is 9.97 Å². The number of halogens is 1. The second-order valence-electron chi connectivity index (χ2n) is 2.81. The van der Waals surface area contributed by atoms with Gasteiger partial charge < -0.3 is 10.5 Å². The van der Waals surface area contributed by atoms with Gasteiger partial charge in [-0.05, 0) is 28.1 Å². The van der Waals surface area contributed by atoms with E-state index in [4.69, 9.17) is 10.5 Å². The van der Waals surface area contributed by atoms with E-state index in [9.17, 15) is 0 Å². The second kappa shape index (κ2) is 4.27. The van der Waals surface area contributed by atoms with Crippen LogP contribution in [0, 0.1) is 0 Å². The molecular formula is C10H8BrN3O. The molecule has 0 aliphatic carbocycles. The van der Waals surface area contributed by atoms with Gasteiger partial charge in [-0.15, -0.1) is 0 Å². The van der Waals surface area contributed by atoms with Crippen molar-refractivity contribution in [2.45, 2.75) is 0 Å². The molecule has 0 unspecified atom stereocenters. The molecule has 1 heterocycles. The molecule has 0 saturated carbocycles. The Bertz CT molecular complexity index is 461. The van der Waals surface area contributed by atoms with Crippen LogP contribution < -0.4 is 10.5 Å². The van der Waals surface area contributed by atoms with Gasteiger partial charge in [-0.2, -0.15) is 0 Å². The summed E-state index contributed by atoms with van der Waals surface area (Å²) in [4.78, 5) is 7.90. The van der Waals surface area contributed by atoms with Gasteiger partial charge in [0.25, 0.3) is 0 Å². The van der Waals surface area contributed by atoms with E-state index in [0.717, 1.165) is 4.47 Å². The summed E-state index contributed by atoms with van der Waals surface area (Å²) in [6.07, 6.45) is 4.69. The lowest BCUT2D eigenvalue weighted by Gasteiger charge is -2.07. The summed E-state index contributed by atoms with van der Waals surface area (Å²) in [5.41, 5.74) is 6.33. The fourth-order valence-corrected chi connectivity index (χ4v) is 1.40. The zero-order valence-electron chi connectivity index (χ0n) is 7.72. The molecule has 0 amide bonds. The SMILES string of the molecule is Nc1cccc(Oc2cnccn2)c1Br. The van der Waals surface area contributed by atoms with Crippen LogP contribution in [0.3, 0.4) is 0 Å². The summed E-state index contributed by atoms with van der Waals surface area (Å²) < 4.78 is 6.21. The minimum absolute atomic E-state index is 0.434. The molecular weight excluding hydrogens is 258 g/mol. The van der Waals surface area contributed by atoms with E-state index >= 15 is 0 Å². The Labute approximate surface area is 95.2 Å². The van der Waals surface area contributed by atoms with E-state index in [1.807, 2.05) is 6.07 Å². The van der Waals surface area contributed by atoms with Crippen molar-refractivity contribution in [1.29, 1.82) is 0 Å². The van der Waals surface area contributed by atoms with Crippen molar-refractivity contribution in [3.05, 3.63) is 41.3 Å². The highest BCUT2D eigenvalue weighted by molar-refractivity contribution is 9.10. The first-order valence-corrected chi connectivity index (χ1v) is 5.04. The Hall–Kier alpha value is -1.62. The molecule has 0 bridgehead atoms. The molecule has 2 rings (SSSR count). The van der Waals surface area contributed by atoms with Gasteiger partial charge in [-0.1, -0.05) is 6.07 Å². The summed E-state index contributed by atoms with van der Waals surface area (Å²) >= 11 is 3.34. The van der Waals surface area contributed by atoms with Gasteiger partial charge in [0.15, 0.2) is 0 Å². The predicted molar refractivity (Wildman–Crippen MR) is 60.7 cm³/mol. The number of benzene rings is 1. The number of rotatable bonds is 2. The lowest BCUT2D eigenvalue weighted by Crippen LogP contribution is -1.92. The Morgan fingerprint density at radius 2 is 2.13 bits per heavy atom. The number of ether oxygens (including phenoxy) is 1. The number of nitrogens with two attached hydrogens (primary N) is 1. The Kier molecular flexibility index (Phi) is 2.82. The molecule has 0 fully saturated rings. The van der Waals surface area contributed by atoms with Crippen molar-refractivity contribution < 1.29 is 4.74 Å². The molecule has 5 heteroatoms. The molecule has 76 valence electrons. The first-order valence-electron chi connectivity index (χ1n) is 4.25. The van der Waals surface area contributed by atoms with Crippen molar-refractivity contribution in [1.82, 2.24) is 9.97 Å². The first kappa shape index (κ1) is 9.92. The summed E-state index contributed by atoms with van der Waals surface area (Å²) in [5.74, 6) is 1.05. The molecule has 0 aliphatic rings. The molecule has 0 spiro atoms. The summed E-state index contributed by atoms with van der Waals surface area (Å²) in [6, 6.07) is 5.40. The number of aromatic nitrogens is 2. The van der Waals surface area contributed by atoms with Gasteiger partial charge in [0, 0.05) is 18.1 Å². The van der Waals surface area contributed by atoms with Crippen LogP contribution in [0.5, 0.6) is 11.6 Å². The lowest BCUT2D eigenvalue weighted by molar-refractivity contribution is 0.457. The summed E-state index contributed by atoms with van der Waals surface area (Å²) in [5, 5.41) is 0. The molecule has 0 radical (unpaired) electrons. The highest BCUT2D eigenvalue weighted by Gasteiger charge is 2.05. The average Bonchev–Trinajstić information content (AvgIpc) is 2.26. The van der Waals surface area contributed by atoms with Crippen LogP contribution in [0.1, 0.15) is 0 Å². The van der Waals surface area contributed by atoms with Crippen LogP contribution in [0.15, 0.2) is 41.3 Å². The number of nitrogens with zero attached hydrogens (tertiary/aromatic N) is 2. The van der Waals surface area contributed by atoms with E-state index < -0.39 is 0 Å². The van der Waals surface area contributed by atoms with E-state index in [-0.39, 0.29) is 0 Å². The van der Waals surface area contributed by atoms with Crippen molar-refractivity contribution in [3.8, 4) is 11.6 Å². The Balaban J connectivity index is 2.29. The van der Waals surface area contributed by atoms with Crippen molar-refractivity contribution >= 4 is 21.6 Å². The van der Waals surface area contributed by atoms with Crippen LogP contribution in [0.4, 0.5) is 5.69 Å². The number of nitrogen functional groups attached to an aromatic ring is 1. The third kappa shape index (κ3) is 2.24. The molecule has 0 atom stereocenters. The second-order valence-corrected chi connectivity index (χ2v) is 3.60. The third-order valence-corrected chi connectivity index (χ3v) is 2.60. The minimum Gasteiger partial charge on any atom is -0.436 e.